The number of para-hydroxylation sites is 1. The van der Waals surface area contributed by atoms with Gasteiger partial charge in [-0.25, -0.2) is 4.79 Å². The van der Waals surface area contributed by atoms with E-state index in [2.05, 4.69) is 28.5 Å². The lowest BCUT2D eigenvalue weighted by Gasteiger charge is -2.27. The first-order valence-electron chi connectivity index (χ1n) is 8.45. The molecule has 1 aromatic heterocycles. The Morgan fingerprint density at radius 1 is 1.24 bits per heavy atom. The van der Waals surface area contributed by atoms with Crippen molar-refractivity contribution in [3.05, 3.63) is 59.3 Å². The van der Waals surface area contributed by atoms with Crippen molar-refractivity contribution in [2.75, 3.05) is 19.0 Å². The van der Waals surface area contributed by atoms with Crippen molar-refractivity contribution >= 4 is 22.6 Å². The number of carbonyl (C=O) groups is 1. The van der Waals surface area contributed by atoms with Crippen LogP contribution in [-0.4, -0.2) is 29.6 Å². The molecule has 2 amide bonds. The molecule has 3 aromatic rings. The van der Waals surface area contributed by atoms with E-state index in [-0.39, 0.29) is 6.03 Å². The summed E-state index contributed by atoms with van der Waals surface area (Å²) in [5, 5.41) is 4.28. The van der Waals surface area contributed by atoms with E-state index in [1.807, 2.05) is 36.1 Å². The molecule has 0 radical (unpaired) electrons. The normalized spacial score (nSPS) is 13.6. The van der Waals surface area contributed by atoms with Crippen LogP contribution >= 0.6 is 0 Å². The number of aromatic nitrogens is 1. The summed E-state index contributed by atoms with van der Waals surface area (Å²) in [6.07, 6.45) is 0.869. The molecule has 128 valence electrons. The van der Waals surface area contributed by atoms with Crippen LogP contribution in [0.15, 0.2) is 42.5 Å². The van der Waals surface area contributed by atoms with Gasteiger partial charge in [0, 0.05) is 28.8 Å². The van der Waals surface area contributed by atoms with Crippen LogP contribution in [-0.2, 0) is 13.0 Å². The standard InChI is InChI=1S/C20H21N3O2/c1-13-11-14(25-2)7-8-17(13)22-20(24)23-10-9-16-15-5-3-4-6-18(15)21-19(16)12-23/h3-8,11,21H,9-10,12H2,1-2H3,(H,22,24). The molecule has 25 heavy (non-hydrogen) atoms. The number of ether oxygens (including phenoxy) is 1. The third-order valence-electron chi connectivity index (χ3n) is 4.85. The molecule has 2 N–H and O–H groups in total. The third kappa shape index (κ3) is 2.82. The zero-order valence-corrected chi connectivity index (χ0v) is 14.4. The van der Waals surface area contributed by atoms with Gasteiger partial charge < -0.3 is 19.9 Å². The molecule has 0 saturated carbocycles. The molecule has 1 aliphatic rings. The molecule has 2 heterocycles. The van der Waals surface area contributed by atoms with Crippen molar-refractivity contribution in [2.24, 2.45) is 0 Å². The van der Waals surface area contributed by atoms with Crippen molar-refractivity contribution < 1.29 is 9.53 Å². The van der Waals surface area contributed by atoms with Gasteiger partial charge in [0.25, 0.3) is 0 Å². The van der Waals surface area contributed by atoms with Gasteiger partial charge in [0.2, 0.25) is 0 Å². The maximum absolute atomic E-state index is 12.7. The Kier molecular flexibility index (Phi) is 3.84. The van der Waals surface area contributed by atoms with Gasteiger partial charge in [0.1, 0.15) is 5.75 Å². The van der Waals surface area contributed by atoms with Crippen LogP contribution in [0.4, 0.5) is 10.5 Å². The van der Waals surface area contributed by atoms with Crippen molar-refractivity contribution in [3.63, 3.8) is 0 Å². The van der Waals surface area contributed by atoms with Gasteiger partial charge in [-0.2, -0.15) is 0 Å². The van der Waals surface area contributed by atoms with E-state index in [1.165, 1.54) is 10.9 Å². The number of fused-ring (bicyclic) bond motifs is 3. The molecule has 5 nitrogen and oxygen atoms in total. The van der Waals surface area contributed by atoms with Gasteiger partial charge in [-0.15, -0.1) is 0 Å². The van der Waals surface area contributed by atoms with Gasteiger partial charge in [-0.1, -0.05) is 18.2 Å². The van der Waals surface area contributed by atoms with E-state index < -0.39 is 0 Å². The summed E-state index contributed by atoms with van der Waals surface area (Å²) in [6.45, 7) is 3.28. The van der Waals surface area contributed by atoms with Crippen molar-refractivity contribution in [3.8, 4) is 5.75 Å². The van der Waals surface area contributed by atoms with E-state index in [9.17, 15) is 4.79 Å². The average molecular weight is 335 g/mol. The fourth-order valence-corrected chi connectivity index (χ4v) is 3.46. The zero-order chi connectivity index (χ0) is 17.4. The number of hydrogen-bond donors (Lipinski definition) is 2. The molecule has 0 spiro atoms. The molecule has 0 aliphatic carbocycles. The number of H-pyrrole nitrogens is 1. The zero-order valence-electron chi connectivity index (χ0n) is 14.4. The largest absolute Gasteiger partial charge is 0.497 e. The van der Waals surface area contributed by atoms with E-state index in [0.717, 1.165) is 41.2 Å². The molecular weight excluding hydrogens is 314 g/mol. The SMILES string of the molecule is COc1ccc(NC(=O)N2CCc3c([nH]c4ccccc34)C2)c(C)c1. The molecule has 0 atom stereocenters. The molecule has 2 aromatic carbocycles. The number of benzene rings is 2. The number of anilines is 1. The number of aryl methyl sites for hydroxylation is 1. The highest BCUT2D eigenvalue weighted by molar-refractivity contribution is 5.91. The van der Waals surface area contributed by atoms with Gasteiger partial charge in [-0.3, -0.25) is 0 Å². The fourth-order valence-electron chi connectivity index (χ4n) is 3.46. The molecule has 1 aliphatic heterocycles. The quantitative estimate of drug-likeness (QED) is 0.741. The van der Waals surface area contributed by atoms with Gasteiger partial charge in [-0.05, 0) is 48.7 Å². The number of rotatable bonds is 2. The summed E-state index contributed by atoms with van der Waals surface area (Å²) >= 11 is 0. The minimum atomic E-state index is -0.0717. The number of aromatic amines is 1. The average Bonchev–Trinajstić information content (AvgIpc) is 3.01. The summed E-state index contributed by atoms with van der Waals surface area (Å²) in [6, 6.07) is 13.9. The lowest BCUT2D eigenvalue weighted by atomic mass is 10.0. The van der Waals surface area contributed by atoms with E-state index >= 15 is 0 Å². The Bertz CT molecular complexity index is 945. The molecule has 0 unspecified atom stereocenters. The predicted octanol–water partition coefficient (Wildman–Crippen LogP) is 4.08. The topological polar surface area (TPSA) is 57.4 Å². The minimum Gasteiger partial charge on any atom is -0.497 e. The van der Waals surface area contributed by atoms with Crippen LogP contribution in [0.5, 0.6) is 5.75 Å². The van der Waals surface area contributed by atoms with Gasteiger partial charge in [0.05, 0.1) is 13.7 Å². The van der Waals surface area contributed by atoms with Crippen LogP contribution in [0.1, 0.15) is 16.8 Å². The Labute approximate surface area is 146 Å². The van der Waals surface area contributed by atoms with Crippen molar-refractivity contribution in [1.29, 1.82) is 0 Å². The molecule has 0 bridgehead atoms. The van der Waals surface area contributed by atoms with Crippen LogP contribution in [0.3, 0.4) is 0 Å². The summed E-state index contributed by atoms with van der Waals surface area (Å²) in [7, 11) is 1.64. The second-order valence-corrected chi connectivity index (χ2v) is 6.41. The molecular formula is C20H21N3O2. The van der Waals surface area contributed by atoms with E-state index in [1.54, 1.807) is 7.11 Å². The monoisotopic (exact) mass is 335 g/mol. The third-order valence-corrected chi connectivity index (χ3v) is 4.85. The highest BCUT2D eigenvalue weighted by atomic mass is 16.5. The maximum Gasteiger partial charge on any atom is 0.322 e. The first-order valence-corrected chi connectivity index (χ1v) is 8.45. The second kappa shape index (κ2) is 6.16. The van der Waals surface area contributed by atoms with E-state index in [0.29, 0.717) is 6.54 Å². The Hall–Kier alpha value is -2.95. The molecule has 0 saturated heterocycles. The number of methoxy groups -OCH3 is 1. The second-order valence-electron chi connectivity index (χ2n) is 6.41. The first-order chi connectivity index (χ1) is 12.2. The minimum absolute atomic E-state index is 0.0717. The Morgan fingerprint density at radius 3 is 2.88 bits per heavy atom. The number of carbonyl (C=O) groups excluding carboxylic acids is 1. The summed E-state index contributed by atoms with van der Waals surface area (Å²) in [5.41, 5.74) is 5.40. The number of amides is 2. The van der Waals surface area contributed by atoms with E-state index in [4.69, 9.17) is 4.74 Å². The summed E-state index contributed by atoms with van der Waals surface area (Å²) < 4.78 is 5.21. The van der Waals surface area contributed by atoms with Crippen LogP contribution in [0.2, 0.25) is 0 Å². The maximum atomic E-state index is 12.7. The van der Waals surface area contributed by atoms with Crippen LogP contribution in [0.25, 0.3) is 10.9 Å². The number of urea groups is 1. The van der Waals surface area contributed by atoms with Crippen molar-refractivity contribution in [1.82, 2.24) is 9.88 Å². The predicted molar refractivity (Wildman–Crippen MR) is 99.2 cm³/mol. The smallest absolute Gasteiger partial charge is 0.322 e. The first kappa shape index (κ1) is 15.6. The Balaban J connectivity index is 1.52. The molecule has 0 fully saturated rings. The molecule has 4 rings (SSSR count). The highest BCUT2D eigenvalue weighted by Crippen LogP contribution is 2.28. The lowest BCUT2D eigenvalue weighted by molar-refractivity contribution is 0.206. The van der Waals surface area contributed by atoms with Gasteiger partial charge in [0.15, 0.2) is 0 Å². The Morgan fingerprint density at radius 2 is 2.08 bits per heavy atom. The summed E-state index contributed by atoms with van der Waals surface area (Å²) in [5.74, 6) is 0.788. The molecule has 5 heteroatoms. The number of nitrogens with one attached hydrogen (secondary N) is 2. The van der Waals surface area contributed by atoms with Crippen LogP contribution in [0, 0.1) is 6.92 Å². The summed E-state index contributed by atoms with van der Waals surface area (Å²) in [4.78, 5) is 18.0. The fraction of sp³-hybridized carbons (Fsp3) is 0.250. The highest BCUT2D eigenvalue weighted by Gasteiger charge is 2.24. The van der Waals surface area contributed by atoms with Crippen molar-refractivity contribution in [2.45, 2.75) is 19.9 Å². The number of hydrogen-bond acceptors (Lipinski definition) is 2. The lowest BCUT2D eigenvalue weighted by Crippen LogP contribution is -2.38. The van der Waals surface area contributed by atoms with Gasteiger partial charge >= 0.3 is 6.03 Å². The van der Waals surface area contributed by atoms with Crippen LogP contribution < -0.4 is 10.1 Å². The number of nitrogens with zero attached hydrogens (tertiary/aromatic N) is 1.